The molecule has 0 bridgehead atoms. The van der Waals surface area contributed by atoms with E-state index in [0.717, 1.165) is 0 Å². The van der Waals surface area contributed by atoms with Crippen molar-refractivity contribution in [1.29, 1.82) is 0 Å². The highest BCUT2D eigenvalue weighted by atomic mass is 16.6. The molecule has 0 saturated heterocycles. The molecule has 0 rings (SSSR count). The first kappa shape index (κ1) is 38.6. The van der Waals surface area contributed by atoms with E-state index >= 15 is 0 Å². The van der Waals surface area contributed by atoms with E-state index in [1.807, 2.05) is 0 Å². The van der Waals surface area contributed by atoms with Gasteiger partial charge in [-0.05, 0) is 6.42 Å². The average Bonchev–Trinajstić information content (AvgIpc) is 2.96. The van der Waals surface area contributed by atoms with E-state index in [2.05, 4.69) is 21.9 Å². The summed E-state index contributed by atoms with van der Waals surface area (Å²) in [6.45, 7) is 10.5. The van der Waals surface area contributed by atoms with Crippen molar-refractivity contribution in [3.63, 3.8) is 0 Å². The lowest BCUT2D eigenvalue weighted by Gasteiger charge is -2.14. The number of alkyl carbamates (subject to hydrolysis) is 1. The largest absolute Gasteiger partial charge is 0.480 e. The highest BCUT2D eigenvalue weighted by Gasteiger charge is 2.21. The summed E-state index contributed by atoms with van der Waals surface area (Å²) in [5.41, 5.74) is 0. The minimum atomic E-state index is -1.26. The van der Waals surface area contributed by atoms with Gasteiger partial charge in [-0.15, -0.1) is 0 Å². The third-order valence-corrected chi connectivity index (χ3v) is 4.81. The number of rotatable bonds is 31. The summed E-state index contributed by atoms with van der Waals surface area (Å²) in [6, 6.07) is -1.23. The third kappa shape index (κ3) is 28.9. The van der Waals surface area contributed by atoms with Gasteiger partial charge in [0.25, 0.3) is 0 Å². The molecule has 0 aliphatic carbocycles. The van der Waals surface area contributed by atoms with E-state index < -0.39 is 18.1 Å². The maximum absolute atomic E-state index is 11.9. The van der Waals surface area contributed by atoms with E-state index in [1.165, 1.54) is 6.08 Å². The number of hydrogen-bond donors (Lipinski definition) is 3. The summed E-state index contributed by atoms with van der Waals surface area (Å²) in [6.07, 6.45) is 0.309. The predicted octanol–water partition coefficient (Wildman–Crippen LogP) is 0.0108. The Morgan fingerprint density at radius 3 is 1.51 bits per heavy atom. The summed E-state index contributed by atoms with van der Waals surface area (Å²) >= 11 is 0. The van der Waals surface area contributed by atoms with Gasteiger partial charge in [-0.25, -0.2) is 9.59 Å². The summed E-state index contributed by atoms with van der Waals surface area (Å²) in [5, 5.41) is 14.0. The fourth-order valence-electron chi connectivity index (χ4n) is 2.77. The number of carbonyl (C=O) groups excluding carboxylic acids is 2. The zero-order valence-electron chi connectivity index (χ0n) is 24.1. The molecule has 2 amide bonds. The first-order valence-corrected chi connectivity index (χ1v) is 13.6. The summed E-state index contributed by atoms with van der Waals surface area (Å²) in [5.74, 6) is -1.61. The Bertz CT molecular complexity index is 655. The second kappa shape index (κ2) is 30.6. The van der Waals surface area contributed by atoms with Gasteiger partial charge < -0.3 is 58.4 Å². The van der Waals surface area contributed by atoms with Gasteiger partial charge in [-0.2, -0.15) is 0 Å². The van der Waals surface area contributed by atoms with Crippen LogP contribution in [0.4, 0.5) is 4.79 Å². The monoisotopic (exact) mass is 596 g/mol. The molecule has 0 aromatic carbocycles. The molecule has 0 aromatic rings. The molecule has 0 aliphatic rings. The second-order valence-corrected chi connectivity index (χ2v) is 8.09. The molecule has 1 atom stereocenters. The number of amides is 2. The van der Waals surface area contributed by atoms with Crippen LogP contribution in [0.3, 0.4) is 0 Å². The lowest BCUT2D eigenvalue weighted by atomic mass is 10.1. The van der Waals surface area contributed by atoms with Crippen LogP contribution in [0.5, 0.6) is 0 Å². The van der Waals surface area contributed by atoms with E-state index in [1.54, 1.807) is 7.11 Å². The average molecular weight is 597 g/mol. The third-order valence-electron chi connectivity index (χ3n) is 4.81. The Morgan fingerprint density at radius 2 is 1.12 bits per heavy atom. The summed E-state index contributed by atoms with van der Waals surface area (Å²) < 4.78 is 47.2. The van der Waals surface area contributed by atoms with Gasteiger partial charge in [-0.3, -0.25) is 4.79 Å². The van der Waals surface area contributed by atoms with Crippen molar-refractivity contribution < 1.29 is 62.1 Å². The Labute approximate surface area is 242 Å². The molecule has 0 unspecified atom stereocenters. The number of ether oxygens (including phenoxy) is 9. The number of hydrogen-bond acceptors (Lipinski definition) is 12. The van der Waals surface area contributed by atoms with Crippen LogP contribution in [0.25, 0.3) is 0 Å². The van der Waals surface area contributed by atoms with Crippen molar-refractivity contribution >= 4 is 18.0 Å². The first-order chi connectivity index (χ1) is 20.0. The fourth-order valence-corrected chi connectivity index (χ4v) is 2.77. The molecule has 41 heavy (non-hydrogen) atoms. The number of carboxylic acids is 1. The lowest BCUT2D eigenvalue weighted by molar-refractivity contribution is -0.139. The summed E-state index contributed by atoms with van der Waals surface area (Å²) in [4.78, 5) is 34.5. The molecule has 0 saturated carbocycles. The maximum atomic E-state index is 11.9. The van der Waals surface area contributed by atoms with Crippen molar-refractivity contribution in [2.75, 3.05) is 119 Å². The SMILES string of the molecule is C=CCOC(=O)N[C@@H](CCC(=O)NCCOCCOCCOCCOCCOCCOCCOCCOC)C(=O)O. The second-order valence-electron chi connectivity index (χ2n) is 8.09. The Kier molecular flexibility index (Phi) is 28.8. The van der Waals surface area contributed by atoms with Crippen LogP contribution in [-0.4, -0.2) is 148 Å². The molecular weight excluding hydrogens is 548 g/mol. The highest BCUT2D eigenvalue weighted by Crippen LogP contribution is 1.99. The molecule has 0 aromatic heterocycles. The van der Waals surface area contributed by atoms with E-state index in [0.29, 0.717) is 92.5 Å². The topological polar surface area (TPSA) is 179 Å². The van der Waals surface area contributed by atoms with Crippen LogP contribution in [-0.2, 0) is 52.2 Å². The van der Waals surface area contributed by atoms with E-state index in [9.17, 15) is 14.4 Å². The highest BCUT2D eigenvalue weighted by molar-refractivity contribution is 5.81. The van der Waals surface area contributed by atoms with Gasteiger partial charge in [0.1, 0.15) is 12.6 Å². The van der Waals surface area contributed by atoms with Crippen molar-refractivity contribution in [3.05, 3.63) is 12.7 Å². The molecule has 0 aliphatic heterocycles. The Hall–Kier alpha value is -2.37. The first-order valence-electron chi connectivity index (χ1n) is 13.6. The van der Waals surface area contributed by atoms with Gasteiger partial charge in [0.05, 0.1) is 99.1 Å². The van der Waals surface area contributed by atoms with Gasteiger partial charge in [-0.1, -0.05) is 12.7 Å². The zero-order valence-corrected chi connectivity index (χ0v) is 24.1. The molecule has 0 radical (unpaired) electrons. The van der Waals surface area contributed by atoms with Gasteiger partial charge >= 0.3 is 12.1 Å². The Morgan fingerprint density at radius 1 is 0.707 bits per heavy atom. The minimum absolute atomic E-state index is 0.0455. The van der Waals surface area contributed by atoms with Crippen molar-refractivity contribution in [2.24, 2.45) is 0 Å². The van der Waals surface area contributed by atoms with E-state index in [-0.39, 0.29) is 38.5 Å². The molecule has 240 valence electrons. The fraction of sp³-hybridized carbons (Fsp3) is 0.808. The molecule has 15 heteroatoms. The number of aliphatic carboxylic acids is 1. The standard InChI is InChI=1S/C26H48N2O13/c1-3-7-41-26(32)28-23(25(30)31)4-5-24(29)27-6-8-34-11-12-36-15-16-38-19-20-40-22-21-39-18-17-37-14-13-35-10-9-33-2/h3,23H,1,4-22H2,2H3,(H,27,29)(H,28,32)(H,30,31)/t23-/m0/s1. The van der Waals surface area contributed by atoms with Crippen LogP contribution in [0, 0.1) is 0 Å². The van der Waals surface area contributed by atoms with Crippen LogP contribution in [0.15, 0.2) is 12.7 Å². The van der Waals surface area contributed by atoms with Crippen molar-refractivity contribution in [2.45, 2.75) is 18.9 Å². The number of carbonyl (C=O) groups is 3. The van der Waals surface area contributed by atoms with Crippen molar-refractivity contribution in [1.82, 2.24) is 10.6 Å². The van der Waals surface area contributed by atoms with Gasteiger partial charge in [0.15, 0.2) is 0 Å². The lowest BCUT2D eigenvalue weighted by Crippen LogP contribution is -2.42. The number of methoxy groups -OCH3 is 1. The zero-order chi connectivity index (χ0) is 30.2. The Balaban J connectivity index is 3.37. The quantitative estimate of drug-likeness (QED) is 0.0721. The molecule has 3 N–H and O–H groups in total. The minimum Gasteiger partial charge on any atom is -0.480 e. The van der Waals surface area contributed by atoms with E-state index in [4.69, 9.17) is 43.0 Å². The number of carboxylic acid groups (broad SMARTS) is 1. The molecule has 0 fully saturated rings. The molecule has 0 heterocycles. The molecule has 0 spiro atoms. The van der Waals surface area contributed by atoms with Crippen LogP contribution in [0.1, 0.15) is 12.8 Å². The molecular formula is C26H48N2O13. The summed E-state index contributed by atoms with van der Waals surface area (Å²) in [7, 11) is 1.63. The van der Waals surface area contributed by atoms with Crippen molar-refractivity contribution in [3.8, 4) is 0 Å². The normalized spacial score (nSPS) is 11.6. The van der Waals surface area contributed by atoms with Crippen LogP contribution < -0.4 is 10.6 Å². The van der Waals surface area contributed by atoms with Crippen LogP contribution in [0.2, 0.25) is 0 Å². The van der Waals surface area contributed by atoms with Gasteiger partial charge in [0, 0.05) is 20.1 Å². The van der Waals surface area contributed by atoms with Gasteiger partial charge in [0.2, 0.25) is 5.91 Å². The van der Waals surface area contributed by atoms with Crippen LogP contribution >= 0.6 is 0 Å². The molecule has 15 nitrogen and oxygen atoms in total. The maximum Gasteiger partial charge on any atom is 0.408 e. The predicted molar refractivity (Wildman–Crippen MR) is 146 cm³/mol. The number of nitrogens with one attached hydrogen (secondary N) is 2. The smallest absolute Gasteiger partial charge is 0.408 e.